The third-order valence-electron chi connectivity index (χ3n) is 3.87. The van der Waals surface area contributed by atoms with Crippen LogP contribution in [0.1, 0.15) is 22.5 Å². The number of fused-ring (bicyclic) bond motifs is 1. The Morgan fingerprint density at radius 3 is 2.71 bits per heavy atom. The highest BCUT2D eigenvalue weighted by Gasteiger charge is 2.03. The number of benzene rings is 1. The molecule has 1 N–H and O–H groups in total. The molecule has 0 aliphatic rings. The van der Waals surface area contributed by atoms with Gasteiger partial charge in [-0.3, -0.25) is 9.67 Å². The van der Waals surface area contributed by atoms with E-state index in [4.69, 9.17) is 0 Å². The van der Waals surface area contributed by atoms with Crippen LogP contribution in [0.15, 0.2) is 36.5 Å². The van der Waals surface area contributed by atoms with Gasteiger partial charge in [-0.15, -0.1) is 0 Å². The molecule has 0 radical (unpaired) electrons. The van der Waals surface area contributed by atoms with E-state index in [-0.39, 0.29) is 0 Å². The number of nitrogens with one attached hydrogen (secondary N) is 1. The summed E-state index contributed by atoms with van der Waals surface area (Å²) in [5.74, 6) is 0. The minimum Gasteiger partial charge on any atom is -0.308 e. The van der Waals surface area contributed by atoms with Gasteiger partial charge in [0.2, 0.25) is 0 Å². The van der Waals surface area contributed by atoms with E-state index < -0.39 is 0 Å². The molecule has 1 aromatic carbocycles. The molecule has 0 aliphatic carbocycles. The molecule has 0 saturated heterocycles. The molecule has 0 saturated carbocycles. The minimum atomic E-state index is 0.837. The summed E-state index contributed by atoms with van der Waals surface area (Å²) in [7, 11) is 1.97. The molecule has 0 spiro atoms. The summed E-state index contributed by atoms with van der Waals surface area (Å²) in [6.45, 7) is 5.79. The summed E-state index contributed by atoms with van der Waals surface area (Å²) >= 11 is 0. The van der Waals surface area contributed by atoms with Crippen molar-refractivity contribution in [1.29, 1.82) is 0 Å². The van der Waals surface area contributed by atoms with Gasteiger partial charge in [-0.1, -0.05) is 12.1 Å². The van der Waals surface area contributed by atoms with Gasteiger partial charge >= 0.3 is 0 Å². The zero-order chi connectivity index (χ0) is 14.8. The molecule has 0 amide bonds. The van der Waals surface area contributed by atoms with E-state index in [0.29, 0.717) is 0 Å². The summed E-state index contributed by atoms with van der Waals surface area (Å²) in [5.41, 5.74) is 5.84. The van der Waals surface area contributed by atoms with Crippen LogP contribution in [-0.4, -0.2) is 14.8 Å². The van der Waals surface area contributed by atoms with Gasteiger partial charge in [-0.25, -0.2) is 0 Å². The van der Waals surface area contributed by atoms with Crippen LogP contribution in [0.3, 0.4) is 0 Å². The summed E-state index contributed by atoms with van der Waals surface area (Å²) in [6.07, 6.45) is 1.93. The second-order valence-electron chi connectivity index (χ2n) is 5.46. The van der Waals surface area contributed by atoms with Crippen LogP contribution in [0.25, 0.3) is 10.9 Å². The fraction of sp³-hybridized carbons (Fsp3) is 0.294. The first-order chi connectivity index (χ1) is 10.1. The fourth-order valence-electron chi connectivity index (χ4n) is 2.45. The summed E-state index contributed by atoms with van der Waals surface area (Å²) in [6, 6.07) is 10.6. The molecule has 0 unspecified atom stereocenters. The second kappa shape index (κ2) is 5.66. The summed E-state index contributed by atoms with van der Waals surface area (Å²) in [4.78, 5) is 4.53. The van der Waals surface area contributed by atoms with E-state index in [1.807, 2.05) is 24.9 Å². The Kier molecular flexibility index (Phi) is 3.71. The van der Waals surface area contributed by atoms with Gasteiger partial charge in [0.1, 0.15) is 0 Å². The maximum atomic E-state index is 4.53. The van der Waals surface area contributed by atoms with Crippen LogP contribution in [0.4, 0.5) is 0 Å². The van der Waals surface area contributed by atoms with Crippen LogP contribution in [0.2, 0.25) is 0 Å². The molecule has 2 aromatic heterocycles. The molecule has 108 valence electrons. The first kappa shape index (κ1) is 13.8. The van der Waals surface area contributed by atoms with Crippen LogP contribution >= 0.6 is 0 Å². The highest BCUT2D eigenvalue weighted by molar-refractivity contribution is 5.79. The minimum absolute atomic E-state index is 0.837. The van der Waals surface area contributed by atoms with Gasteiger partial charge in [-0.05, 0) is 37.6 Å². The van der Waals surface area contributed by atoms with Crippen LogP contribution < -0.4 is 5.32 Å². The van der Waals surface area contributed by atoms with E-state index in [0.717, 1.165) is 24.3 Å². The van der Waals surface area contributed by atoms with Crippen molar-refractivity contribution >= 4 is 10.9 Å². The normalized spacial score (nSPS) is 11.2. The quantitative estimate of drug-likeness (QED) is 0.799. The van der Waals surface area contributed by atoms with Crippen molar-refractivity contribution in [2.45, 2.75) is 26.9 Å². The van der Waals surface area contributed by atoms with Crippen molar-refractivity contribution in [1.82, 2.24) is 20.1 Å². The van der Waals surface area contributed by atoms with E-state index in [2.05, 4.69) is 52.7 Å². The first-order valence-corrected chi connectivity index (χ1v) is 7.18. The molecule has 4 heteroatoms. The molecule has 21 heavy (non-hydrogen) atoms. The molecule has 0 fully saturated rings. The van der Waals surface area contributed by atoms with E-state index in [9.17, 15) is 0 Å². The topological polar surface area (TPSA) is 42.7 Å². The van der Waals surface area contributed by atoms with Gasteiger partial charge < -0.3 is 5.32 Å². The highest BCUT2D eigenvalue weighted by atomic mass is 15.3. The number of rotatable bonds is 4. The number of hydrogen-bond acceptors (Lipinski definition) is 3. The molecular weight excluding hydrogens is 260 g/mol. The van der Waals surface area contributed by atoms with Gasteiger partial charge in [0.15, 0.2) is 0 Å². The number of pyridine rings is 1. The van der Waals surface area contributed by atoms with Gasteiger partial charge in [-0.2, -0.15) is 5.10 Å². The Balaban J connectivity index is 1.68. The van der Waals surface area contributed by atoms with Crippen LogP contribution in [-0.2, 0) is 20.1 Å². The zero-order valence-electron chi connectivity index (χ0n) is 12.7. The molecule has 3 rings (SSSR count). The number of aromatic nitrogens is 3. The molecule has 2 heterocycles. The lowest BCUT2D eigenvalue weighted by atomic mass is 10.1. The second-order valence-corrected chi connectivity index (χ2v) is 5.46. The van der Waals surface area contributed by atoms with E-state index >= 15 is 0 Å². The predicted molar refractivity (Wildman–Crippen MR) is 85.0 cm³/mol. The average Bonchev–Trinajstić information content (AvgIpc) is 2.79. The average molecular weight is 280 g/mol. The number of nitrogens with zero attached hydrogens (tertiary/aromatic N) is 3. The van der Waals surface area contributed by atoms with Crippen molar-refractivity contribution in [3.05, 3.63) is 59.0 Å². The molecule has 3 aromatic rings. The van der Waals surface area contributed by atoms with Crippen molar-refractivity contribution in [2.24, 2.45) is 7.05 Å². The molecule has 0 aliphatic heterocycles. The summed E-state index contributed by atoms with van der Waals surface area (Å²) in [5, 5.41) is 8.93. The zero-order valence-corrected chi connectivity index (χ0v) is 12.7. The van der Waals surface area contributed by atoms with E-state index in [1.165, 1.54) is 22.2 Å². The lowest BCUT2D eigenvalue weighted by Crippen LogP contribution is -2.13. The Morgan fingerprint density at radius 1 is 1.10 bits per heavy atom. The lowest BCUT2D eigenvalue weighted by molar-refractivity contribution is 0.685. The third-order valence-corrected chi connectivity index (χ3v) is 3.87. The van der Waals surface area contributed by atoms with Crippen molar-refractivity contribution < 1.29 is 0 Å². The monoisotopic (exact) mass is 280 g/mol. The third kappa shape index (κ3) is 2.95. The van der Waals surface area contributed by atoms with E-state index in [1.54, 1.807) is 0 Å². The maximum absolute atomic E-state index is 4.53. The molecule has 0 bridgehead atoms. The number of hydrogen-bond donors (Lipinski definition) is 1. The molecule has 0 atom stereocenters. The Hall–Kier alpha value is -2.20. The Labute approximate surface area is 124 Å². The van der Waals surface area contributed by atoms with Gasteiger partial charge in [0.25, 0.3) is 0 Å². The Bertz CT molecular complexity index is 774. The van der Waals surface area contributed by atoms with Crippen molar-refractivity contribution in [3.63, 3.8) is 0 Å². The highest BCUT2D eigenvalue weighted by Crippen LogP contribution is 2.15. The first-order valence-electron chi connectivity index (χ1n) is 7.18. The van der Waals surface area contributed by atoms with Crippen molar-refractivity contribution in [3.8, 4) is 0 Å². The summed E-state index contributed by atoms with van der Waals surface area (Å²) < 4.78 is 1.90. The van der Waals surface area contributed by atoms with Gasteiger partial charge in [0.05, 0.1) is 11.7 Å². The largest absolute Gasteiger partial charge is 0.308 e. The fourth-order valence-corrected chi connectivity index (χ4v) is 2.45. The SMILES string of the molecule is Cc1ccc2cc(CNCc3cnn(C)c3C)ccc2n1. The maximum Gasteiger partial charge on any atom is 0.0705 e. The molecular formula is C17H20N4. The number of aryl methyl sites for hydroxylation is 2. The Morgan fingerprint density at radius 2 is 1.95 bits per heavy atom. The smallest absolute Gasteiger partial charge is 0.0705 e. The lowest BCUT2D eigenvalue weighted by Gasteiger charge is -2.06. The standard InChI is InChI=1S/C17H20N4/c1-12-4-6-15-8-14(5-7-17(15)20-12)9-18-10-16-11-19-21(3)13(16)2/h4-8,11,18H,9-10H2,1-3H3. The van der Waals surface area contributed by atoms with Crippen LogP contribution in [0.5, 0.6) is 0 Å². The van der Waals surface area contributed by atoms with Crippen molar-refractivity contribution in [2.75, 3.05) is 0 Å². The molecule has 4 nitrogen and oxygen atoms in total. The van der Waals surface area contributed by atoms with Crippen LogP contribution in [0, 0.1) is 13.8 Å². The van der Waals surface area contributed by atoms with Gasteiger partial charge in [0, 0.05) is 42.5 Å². The predicted octanol–water partition coefficient (Wildman–Crippen LogP) is 2.87.